The molecular weight excluding hydrogens is 178 g/mol. The molecule has 2 unspecified atom stereocenters. The SMILES string of the molecule is CC(C)(CC1OCC1=O)[S+](N)[O-]. The first-order valence-electron chi connectivity index (χ1n) is 3.74. The molecule has 2 atom stereocenters. The zero-order valence-corrected chi connectivity index (χ0v) is 8.02. The molecule has 0 bridgehead atoms. The quantitative estimate of drug-likeness (QED) is 0.624. The average molecular weight is 191 g/mol. The summed E-state index contributed by atoms with van der Waals surface area (Å²) in [6.07, 6.45) is 0.0575. The van der Waals surface area contributed by atoms with E-state index in [1.807, 2.05) is 0 Å². The Hall–Kier alpha value is -0.100. The van der Waals surface area contributed by atoms with E-state index in [0.29, 0.717) is 6.42 Å². The van der Waals surface area contributed by atoms with Crippen molar-refractivity contribution in [3.8, 4) is 0 Å². The van der Waals surface area contributed by atoms with E-state index in [4.69, 9.17) is 9.88 Å². The Balaban J connectivity index is 2.44. The predicted molar refractivity (Wildman–Crippen MR) is 45.8 cm³/mol. The highest BCUT2D eigenvalue weighted by Gasteiger charge is 2.40. The minimum absolute atomic E-state index is 0.0773. The minimum Gasteiger partial charge on any atom is -0.598 e. The highest BCUT2D eigenvalue weighted by atomic mass is 32.2. The fraction of sp³-hybridized carbons (Fsp3) is 0.857. The Bertz CT molecular complexity index is 193. The van der Waals surface area contributed by atoms with Crippen molar-refractivity contribution in [2.75, 3.05) is 6.61 Å². The fourth-order valence-corrected chi connectivity index (χ4v) is 1.29. The van der Waals surface area contributed by atoms with Gasteiger partial charge in [0, 0.05) is 17.8 Å². The lowest BCUT2D eigenvalue weighted by molar-refractivity contribution is -0.155. The second-order valence-electron chi connectivity index (χ2n) is 3.53. The first-order valence-corrected chi connectivity index (χ1v) is 4.95. The van der Waals surface area contributed by atoms with Gasteiger partial charge in [0.25, 0.3) is 0 Å². The monoisotopic (exact) mass is 191 g/mol. The van der Waals surface area contributed by atoms with E-state index >= 15 is 0 Å². The van der Waals surface area contributed by atoms with Crippen molar-refractivity contribution < 1.29 is 14.1 Å². The summed E-state index contributed by atoms with van der Waals surface area (Å²) in [6.45, 7) is 3.72. The van der Waals surface area contributed by atoms with Crippen LogP contribution in [-0.2, 0) is 20.9 Å². The van der Waals surface area contributed by atoms with Gasteiger partial charge in [0.2, 0.25) is 0 Å². The van der Waals surface area contributed by atoms with Gasteiger partial charge in [-0.05, 0) is 13.8 Å². The molecule has 0 aromatic carbocycles. The molecule has 0 amide bonds. The summed E-state index contributed by atoms with van der Waals surface area (Å²) >= 11 is -1.41. The highest BCUT2D eigenvalue weighted by Crippen LogP contribution is 2.25. The van der Waals surface area contributed by atoms with Crippen LogP contribution in [0.15, 0.2) is 0 Å². The Morgan fingerprint density at radius 2 is 2.42 bits per heavy atom. The first-order chi connectivity index (χ1) is 5.43. The predicted octanol–water partition coefficient (Wildman–Crippen LogP) is -0.255. The number of carbonyl (C=O) groups is 1. The zero-order valence-electron chi connectivity index (χ0n) is 7.20. The summed E-state index contributed by atoms with van der Waals surface area (Å²) in [5.74, 6) is 0.0773. The second-order valence-corrected chi connectivity index (χ2v) is 5.23. The summed E-state index contributed by atoms with van der Waals surface area (Å²) in [4.78, 5) is 10.9. The third kappa shape index (κ3) is 1.98. The molecule has 0 aliphatic carbocycles. The van der Waals surface area contributed by atoms with Crippen LogP contribution in [0.4, 0.5) is 0 Å². The molecule has 1 aliphatic heterocycles. The van der Waals surface area contributed by atoms with Crippen molar-refractivity contribution in [3.63, 3.8) is 0 Å². The molecule has 0 radical (unpaired) electrons. The van der Waals surface area contributed by atoms with Gasteiger partial charge < -0.3 is 9.29 Å². The number of nitrogens with two attached hydrogens (primary N) is 1. The third-order valence-corrected chi connectivity index (χ3v) is 3.26. The second kappa shape index (κ2) is 3.33. The summed E-state index contributed by atoms with van der Waals surface area (Å²) in [7, 11) is 0. The van der Waals surface area contributed by atoms with Crippen molar-refractivity contribution in [1.29, 1.82) is 0 Å². The van der Waals surface area contributed by atoms with Gasteiger partial charge in [0.05, 0.1) is 0 Å². The number of Topliss-reactive ketones (excluding diaryl/α,β-unsaturated/α-hetero) is 1. The maximum absolute atomic E-state index is 11.0. The Morgan fingerprint density at radius 1 is 1.83 bits per heavy atom. The third-order valence-electron chi connectivity index (χ3n) is 2.01. The van der Waals surface area contributed by atoms with E-state index in [9.17, 15) is 9.35 Å². The molecule has 1 aliphatic rings. The number of hydrogen-bond donors (Lipinski definition) is 1. The van der Waals surface area contributed by atoms with Crippen LogP contribution in [0.25, 0.3) is 0 Å². The summed E-state index contributed by atoms with van der Waals surface area (Å²) < 4.78 is 15.4. The van der Waals surface area contributed by atoms with Gasteiger partial charge in [-0.3, -0.25) is 4.79 Å². The zero-order chi connectivity index (χ0) is 9.35. The van der Waals surface area contributed by atoms with Crippen molar-refractivity contribution in [2.45, 2.75) is 31.1 Å². The van der Waals surface area contributed by atoms with Gasteiger partial charge in [0.1, 0.15) is 17.5 Å². The molecule has 0 spiro atoms. The summed E-state index contributed by atoms with van der Waals surface area (Å²) in [5, 5.41) is 5.25. The smallest absolute Gasteiger partial charge is 0.187 e. The summed E-state index contributed by atoms with van der Waals surface area (Å²) in [6, 6.07) is 0. The molecule has 0 saturated carbocycles. The van der Waals surface area contributed by atoms with Crippen molar-refractivity contribution >= 4 is 17.1 Å². The van der Waals surface area contributed by atoms with Gasteiger partial charge in [-0.15, -0.1) is 0 Å². The fourth-order valence-electron chi connectivity index (χ4n) is 0.971. The molecule has 1 fully saturated rings. The lowest BCUT2D eigenvalue weighted by atomic mass is 9.99. The van der Waals surface area contributed by atoms with E-state index in [1.165, 1.54) is 0 Å². The first kappa shape index (κ1) is 9.98. The van der Waals surface area contributed by atoms with Gasteiger partial charge in [-0.1, -0.05) is 0 Å². The molecule has 12 heavy (non-hydrogen) atoms. The van der Waals surface area contributed by atoms with Crippen LogP contribution >= 0.6 is 0 Å². The number of rotatable bonds is 3. The largest absolute Gasteiger partial charge is 0.598 e. The van der Waals surface area contributed by atoms with E-state index < -0.39 is 16.1 Å². The standard InChI is InChI=1S/C7H13NO3S/c1-7(2,12(8)10)3-6-5(9)4-11-6/h6H,3-4,8H2,1-2H3. The van der Waals surface area contributed by atoms with Gasteiger partial charge in [-0.2, -0.15) is 5.14 Å². The van der Waals surface area contributed by atoms with Crippen LogP contribution in [-0.4, -0.2) is 27.8 Å². The maximum atomic E-state index is 11.0. The molecule has 1 rings (SSSR count). The number of hydrogen-bond acceptors (Lipinski definition) is 4. The topological polar surface area (TPSA) is 75.4 Å². The van der Waals surface area contributed by atoms with Crippen LogP contribution in [0.3, 0.4) is 0 Å². The van der Waals surface area contributed by atoms with Crippen LogP contribution in [0.2, 0.25) is 0 Å². The van der Waals surface area contributed by atoms with Crippen LogP contribution in [0.5, 0.6) is 0 Å². The highest BCUT2D eigenvalue weighted by molar-refractivity contribution is 7.90. The number of ketones is 1. The molecule has 1 saturated heterocycles. The van der Waals surface area contributed by atoms with Crippen LogP contribution in [0.1, 0.15) is 20.3 Å². The molecule has 1 heterocycles. The summed E-state index contributed by atoms with van der Waals surface area (Å²) in [5.41, 5.74) is 0. The normalized spacial score (nSPS) is 26.7. The molecule has 0 aromatic rings. The Kier molecular flexibility index (Phi) is 2.77. The van der Waals surface area contributed by atoms with E-state index in [2.05, 4.69) is 0 Å². The van der Waals surface area contributed by atoms with Crippen LogP contribution < -0.4 is 5.14 Å². The lowest BCUT2D eigenvalue weighted by Gasteiger charge is -2.32. The molecule has 0 aromatic heterocycles. The van der Waals surface area contributed by atoms with Crippen LogP contribution in [0, 0.1) is 0 Å². The lowest BCUT2D eigenvalue weighted by Crippen LogP contribution is -2.48. The molecular formula is C7H13NO3S. The Labute approximate surface area is 74.8 Å². The van der Waals surface area contributed by atoms with E-state index in [-0.39, 0.29) is 18.5 Å². The van der Waals surface area contributed by atoms with Crippen molar-refractivity contribution in [3.05, 3.63) is 0 Å². The van der Waals surface area contributed by atoms with Gasteiger partial charge in [0.15, 0.2) is 5.78 Å². The van der Waals surface area contributed by atoms with Crippen molar-refractivity contribution in [1.82, 2.24) is 0 Å². The minimum atomic E-state index is -1.41. The average Bonchev–Trinajstić information content (AvgIpc) is 1.97. The number of carbonyl (C=O) groups excluding carboxylic acids is 1. The Morgan fingerprint density at radius 3 is 2.67 bits per heavy atom. The van der Waals surface area contributed by atoms with E-state index in [1.54, 1.807) is 13.8 Å². The molecule has 4 nitrogen and oxygen atoms in total. The molecule has 2 N–H and O–H groups in total. The van der Waals surface area contributed by atoms with E-state index in [0.717, 1.165) is 0 Å². The molecule has 70 valence electrons. The van der Waals surface area contributed by atoms with Crippen molar-refractivity contribution in [2.24, 2.45) is 5.14 Å². The maximum Gasteiger partial charge on any atom is 0.187 e. The number of ether oxygens (including phenoxy) is 1. The molecule has 5 heteroatoms. The van der Waals surface area contributed by atoms with Gasteiger partial charge >= 0.3 is 0 Å². The van der Waals surface area contributed by atoms with Gasteiger partial charge in [-0.25, -0.2) is 0 Å².